The van der Waals surface area contributed by atoms with Gasteiger partial charge in [0.25, 0.3) is 0 Å². The highest BCUT2D eigenvalue weighted by Gasteiger charge is 2.35. The Morgan fingerprint density at radius 3 is 2.13 bits per heavy atom. The third kappa shape index (κ3) is 7.04. The molecule has 0 aliphatic heterocycles. The van der Waals surface area contributed by atoms with Crippen molar-refractivity contribution >= 4 is 56.5 Å². The van der Waals surface area contributed by atoms with Crippen LogP contribution >= 0.6 is 50.7 Å². The molecule has 0 aliphatic rings. The molecule has 0 bridgehead atoms. The number of carbonyl (C=O) groups excluding carboxylic acids is 1. The first kappa shape index (κ1) is 16.0. The monoisotopic (exact) mass is 336 g/mol. The van der Waals surface area contributed by atoms with Gasteiger partial charge in [0.1, 0.15) is 5.78 Å². The Kier molecular flexibility index (Phi) is 6.50. The number of hydrogen-bond acceptors (Lipinski definition) is 1. The summed E-state index contributed by atoms with van der Waals surface area (Å²) in [6.07, 6.45) is 1.44. The van der Waals surface area contributed by atoms with Gasteiger partial charge in [-0.1, -0.05) is 71.5 Å². The third-order valence-corrected chi connectivity index (χ3v) is 4.33. The molecule has 0 aromatic rings. The fraction of sp³-hybridized carbons (Fsp3) is 0.900. The number of rotatable bonds is 5. The third-order valence-electron chi connectivity index (χ3n) is 2.31. The van der Waals surface area contributed by atoms with Crippen molar-refractivity contribution < 1.29 is 4.79 Å². The number of alkyl halides is 4. The van der Waals surface area contributed by atoms with E-state index >= 15 is 0 Å². The van der Waals surface area contributed by atoms with Gasteiger partial charge in [-0.2, -0.15) is 0 Å². The van der Waals surface area contributed by atoms with E-state index in [0.717, 1.165) is 0 Å². The largest absolute Gasteiger partial charge is 0.300 e. The van der Waals surface area contributed by atoms with E-state index in [-0.39, 0.29) is 16.0 Å². The van der Waals surface area contributed by atoms with Crippen molar-refractivity contribution in [2.75, 3.05) is 0 Å². The van der Waals surface area contributed by atoms with Crippen LogP contribution in [-0.2, 0) is 4.79 Å². The molecule has 0 aliphatic carbocycles. The molecule has 90 valence electrons. The fourth-order valence-corrected chi connectivity index (χ4v) is 2.89. The predicted molar refractivity (Wildman–Crippen MR) is 71.3 cm³/mol. The summed E-state index contributed by atoms with van der Waals surface area (Å²) in [5.74, 6) is 0.230. The van der Waals surface area contributed by atoms with Crippen molar-refractivity contribution in [2.24, 2.45) is 5.41 Å². The Morgan fingerprint density at radius 2 is 1.80 bits per heavy atom. The number of hydrogen-bond donors (Lipinski definition) is 0. The van der Waals surface area contributed by atoms with E-state index in [0.29, 0.717) is 19.3 Å². The zero-order chi connectivity index (χ0) is 12.3. The molecule has 0 saturated carbocycles. The molecule has 0 fully saturated rings. The zero-order valence-electron chi connectivity index (χ0n) is 9.12. The zero-order valence-corrected chi connectivity index (χ0v) is 13.0. The summed E-state index contributed by atoms with van der Waals surface area (Å²) in [6, 6.07) is 0. The lowest BCUT2D eigenvalue weighted by molar-refractivity contribution is -0.120. The Labute approximate surface area is 115 Å². The van der Waals surface area contributed by atoms with Gasteiger partial charge in [-0.05, 0) is 5.41 Å². The van der Waals surface area contributed by atoms with E-state index in [9.17, 15) is 4.79 Å². The van der Waals surface area contributed by atoms with E-state index in [1.807, 2.05) is 20.8 Å². The summed E-state index contributed by atoms with van der Waals surface area (Å²) in [4.78, 5) is 11.4. The molecule has 0 N–H and O–H groups in total. The number of Topliss-reactive ketones (excluding diaryl/α,β-unsaturated/α-hetero) is 1. The maximum atomic E-state index is 11.4. The van der Waals surface area contributed by atoms with Crippen LogP contribution in [0.15, 0.2) is 0 Å². The number of halogens is 4. The molecule has 0 aromatic heterocycles. The van der Waals surface area contributed by atoms with Crippen LogP contribution in [0.5, 0.6) is 0 Å². The first-order valence-electron chi connectivity index (χ1n) is 4.81. The van der Waals surface area contributed by atoms with Crippen LogP contribution < -0.4 is 0 Å². The smallest absolute Gasteiger partial charge is 0.191 e. The summed E-state index contributed by atoms with van der Waals surface area (Å²) in [5, 5.41) is 0. The van der Waals surface area contributed by atoms with Crippen molar-refractivity contribution in [3.63, 3.8) is 0 Å². The highest BCUT2D eigenvalue weighted by molar-refractivity contribution is 9.09. The molecule has 1 unspecified atom stereocenters. The van der Waals surface area contributed by atoms with E-state index in [2.05, 4.69) is 15.9 Å². The summed E-state index contributed by atoms with van der Waals surface area (Å²) >= 11 is 20.6. The highest BCUT2D eigenvalue weighted by atomic mass is 79.9. The minimum atomic E-state index is -1.28. The Hall–Kier alpha value is 1.02. The Bertz CT molecular complexity index is 223. The van der Waals surface area contributed by atoms with Crippen LogP contribution in [0.1, 0.15) is 40.0 Å². The van der Waals surface area contributed by atoms with Crippen LogP contribution in [0, 0.1) is 5.41 Å². The second-order valence-corrected chi connectivity index (χ2v) is 7.97. The van der Waals surface area contributed by atoms with Gasteiger partial charge >= 0.3 is 0 Å². The van der Waals surface area contributed by atoms with Gasteiger partial charge in [0.2, 0.25) is 0 Å². The SMILES string of the molecule is CCC(=O)CC(C)(C)C(Br)CC(Cl)(Cl)Cl. The molecular weight excluding hydrogens is 322 g/mol. The Balaban J connectivity index is 4.38. The molecule has 0 saturated heterocycles. The van der Waals surface area contributed by atoms with Gasteiger partial charge in [-0.3, -0.25) is 4.79 Å². The standard InChI is InChI=1S/C10H16BrCl3O/c1-4-7(15)5-9(2,3)8(11)6-10(12,13)14/h8H,4-6H2,1-3H3. The van der Waals surface area contributed by atoms with E-state index in [4.69, 9.17) is 34.8 Å². The van der Waals surface area contributed by atoms with Gasteiger partial charge in [-0.15, -0.1) is 0 Å². The lowest BCUT2D eigenvalue weighted by Gasteiger charge is -2.31. The van der Waals surface area contributed by atoms with Crippen LogP contribution in [0.4, 0.5) is 0 Å². The van der Waals surface area contributed by atoms with Crippen molar-refractivity contribution in [2.45, 2.75) is 48.7 Å². The molecule has 1 nitrogen and oxygen atoms in total. The maximum Gasteiger partial charge on any atom is 0.191 e. The number of carbonyl (C=O) groups is 1. The summed E-state index contributed by atoms with van der Waals surface area (Å²) in [7, 11) is 0. The first-order valence-corrected chi connectivity index (χ1v) is 6.86. The normalized spacial score (nSPS) is 15.1. The summed E-state index contributed by atoms with van der Waals surface area (Å²) < 4.78 is -1.28. The van der Waals surface area contributed by atoms with E-state index in [1.165, 1.54) is 0 Å². The van der Waals surface area contributed by atoms with Gasteiger partial charge in [0, 0.05) is 24.1 Å². The molecule has 0 amide bonds. The molecule has 5 heteroatoms. The molecule has 0 aromatic carbocycles. The molecule has 0 rings (SSSR count). The van der Waals surface area contributed by atoms with E-state index < -0.39 is 3.79 Å². The first-order chi connectivity index (χ1) is 6.58. The average Bonchev–Trinajstić information content (AvgIpc) is 2.00. The quantitative estimate of drug-likeness (QED) is 0.651. The minimum Gasteiger partial charge on any atom is -0.300 e. The lowest BCUT2D eigenvalue weighted by atomic mass is 9.82. The average molecular weight is 338 g/mol. The van der Waals surface area contributed by atoms with E-state index in [1.54, 1.807) is 0 Å². The fourth-order valence-electron chi connectivity index (χ4n) is 1.22. The van der Waals surface area contributed by atoms with Gasteiger partial charge in [-0.25, -0.2) is 0 Å². The van der Waals surface area contributed by atoms with Gasteiger partial charge < -0.3 is 0 Å². The van der Waals surface area contributed by atoms with Crippen LogP contribution in [-0.4, -0.2) is 14.4 Å². The Morgan fingerprint density at radius 1 is 1.33 bits per heavy atom. The summed E-state index contributed by atoms with van der Waals surface area (Å²) in [6.45, 7) is 5.85. The molecule has 15 heavy (non-hydrogen) atoms. The van der Waals surface area contributed by atoms with Crippen LogP contribution in [0.3, 0.4) is 0 Å². The lowest BCUT2D eigenvalue weighted by Crippen LogP contribution is -2.30. The van der Waals surface area contributed by atoms with Crippen molar-refractivity contribution in [3.05, 3.63) is 0 Å². The second-order valence-electron chi connectivity index (χ2n) is 4.34. The van der Waals surface area contributed by atoms with Gasteiger partial charge in [0.05, 0.1) is 0 Å². The van der Waals surface area contributed by atoms with Crippen LogP contribution in [0.2, 0.25) is 0 Å². The van der Waals surface area contributed by atoms with Crippen molar-refractivity contribution in [1.29, 1.82) is 0 Å². The van der Waals surface area contributed by atoms with Crippen LogP contribution in [0.25, 0.3) is 0 Å². The molecule has 0 radical (unpaired) electrons. The predicted octanol–water partition coefficient (Wildman–Crippen LogP) is 4.91. The molecule has 0 heterocycles. The molecular formula is C10H16BrCl3O. The molecule has 1 atom stereocenters. The topological polar surface area (TPSA) is 17.1 Å². The minimum absolute atomic E-state index is 0.00741. The highest BCUT2D eigenvalue weighted by Crippen LogP contribution is 2.41. The second kappa shape index (κ2) is 6.09. The van der Waals surface area contributed by atoms with Crippen molar-refractivity contribution in [3.8, 4) is 0 Å². The van der Waals surface area contributed by atoms with Gasteiger partial charge in [0.15, 0.2) is 3.79 Å². The van der Waals surface area contributed by atoms with Crippen molar-refractivity contribution in [1.82, 2.24) is 0 Å². The maximum absolute atomic E-state index is 11.4. The number of ketones is 1. The molecule has 0 spiro atoms. The summed E-state index contributed by atoms with van der Waals surface area (Å²) in [5.41, 5.74) is -0.197.